The van der Waals surface area contributed by atoms with E-state index < -0.39 is 5.60 Å². The number of benzene rings is 3. The van der Waals surface area contributed by atoms with Crippen molar-refractivity contribution in [3.8, 4) is 5.75 Å². The molecule has 31 heavy (non-hydrogen) atoms. The smallest absolute Gasteiger partial charge is 0.134 e. The number of hydrogen-bond donors (Lipinski definition) is 1. The van der Waals surface area contributed by atoms with Crippen LogP contribution in [0.1, 0.15) is 55.5 Å². The Morgan fingerprint density at radius 3 is 2.32 bits per heavy atom. The number of methoxy groups -OCH3 is 1. The molecule has 0 amide bonds. The molecule has 0 bridgehead atoms. The van der Waals surface area contributed by atoms with Crippen LogP contribution in [-0.2, 0) is 24.1 Å². The van der Waals surface area contributed by atoms with Crippen LogP contribution in [0, 0.1) is 0 Å². The van der Waals surface area contributed by atoms with Crippen LogP contribution in [0.15, 0.2) is 72.8 Å². The quantitative estimate of drug-likeness (QED) is 0.599. The molecule has 1 heterocycles. The molecule has 2 atom stereocenters. The Hall–Kier alpha value is -2.62. The van der Waals surface area contributed by atoms with Gasteiger partial charge in [0.25, 0.3) is 0 Å². The fourth-order valence-electron chi connectivity index (χ4n) is 4.73. The second-order valence-electron chi connectivity index (χ2n) is 9.66. The predicted octanol–water partition coefficient (Wildman–Crippen LogP) is 5.63. The molecule has 0 aromatic heterocycles. The van der Waals surface area contributed by atoms with E-state index >= 15 is 0 Å². The molecule has 0 fully saturated rings. The van der Waals surface area contributed by atoms with E-state index in [0.717, 1.165) is 35.5 Å². The Balaban J connectivity index is 1.88. The summed E-state index contributed by atoms with van der Waals surface area (Å²) < 4.78 is 5.77. The third-order valence-electron chi connectivity index (χ3n) is 6.66. The highest BCUT2D eigenvalue weighted by molar-refractivity contribution is 5.52. The Morgan fingerprint density at radius 1 is 0.968 bits per heavy atom. The zero-order chi connectivity index (χ0) is 22.2. The van der Waals surface area contributed by atoms with E-state index in [2.05, 4.69) is 87.2 Å². The lowest BCUT2D eigenvalue weighted by Crippen LogP contribution is -2.53. The minimum Gasteiger partial charge on any atom is -0.496 e. The van der Waals surface area contributed by atoms with E-state index in [0.29, 0.717) is 0 Å². The van der Waals surface area contributed by atoms with Gasteiger partial charge in [0.1, 0.15) is 11.4 Å². The van der Waals surface area contributed by atoms with Gasteiger partial charge in [-0.25, -0.2) is 0 Å². The van der Waals surface area contributed by atoms with E-state index in [-0.39, 0.29) is 11.5 Å². The van der Waals surface area contributed by atoms with E-state index in [1.807, 2.05) is 18.2 Å². The van der Waals surface area contributed by atoms with Gasteiger partial charge in [0.05, 0.1) is 7.11 Å². The van der Waals surface area contributed by atoms with E-state index in [4.69, 9.17) is 4.74 Å². The first-order chi connectivity index (χ1) is 14.7. The third-order valence-corrected chi connectivity index (χ3v) is 6.66. The summed E-state index contributed by atoms with van der Waals surface area (Å²) >= 11 is 0. The van der Waals surface area contributed by atoms with Crippen LogP contribution in [0.25, 0.3) is 0 Å². The zero-order valence-electron chi connectivity index (χ0n) is 19.2. The molecular weight excluding hydrogens is 382 g/mol. The SMILES string of the molecule is COc1ccc(C(C)(C)C)cc1C1(O)c2ccccc2CN(Cc2ccccc2)C1C. The summed E-state index contributed by atoms with van der Waals surface area (Å²) in [4.78, 5) is 2.36. The summed E-state index contributed by atoms with van der Waals surface area (Å²) in [6, 6.07) is 24.8. The number of fused-ring (bicyclic) bond motifs is 1. The lowest BCUT2D eigenvalue weighted by molar-refractivity contribution is -0.0354. The van der Waals surface area contributed by atoms with Crippen molar-refractivity contribution in [2.45, 2.75) is 57.8 Å². The van der Waals surface area contributed by atoms with Gasteiger partial charge in [-0.2, -0.15) is 0 Å². The molecule has 1 N–H and O–H groups in total. The summed E-state index contributed by atoms with van der Waals surface area (Å²) in [6.07, 6.45) is 0. The Bertz CT molecular complexity index is 1050. The second-order valence-corrected chi connectivity index (χ2v) is 9.66. The Labute approximate surface area is 186 Å². The number of aliphatic hydroxyl groups is 1. The maximum atomic E-state index is 12.5. The van der Waals surface area contributed by atoms with Crippen LogP contribution in [0.2, 0.25) is 0 Å². The average Bonchev–Trinajstić information content (AvgIpc) is 2.77. The molecule has 3 heteroatoms. The molecule has 162 valence electrons. The maximum absolute atomic E-state index is 12.5. The van der Waals surface area contributed by atoms with Gasteiger partial charge >= 0.3 is 0 Å². The zero-order valence-corrected chi connectivity index (χ0v) is 19.2. The first kappa shape index (κ1) is 21.6. The van der Waals surface area contributed by atoms with Crippen molar-refractivity contribution in [3.63, 3.8) is 0 Å². The molecule has 0 aliphatic carbocycles. The summed E-state index contributed by atoms with van der Waals surface area (Å²) in [7, 11) is 1.68. The van der Waals surface area contributed by atoms with Crippen LogP contribution in [-0.4, -0.2) is 23.2 Å². The van der Waals surface area contributed by atoms with Crippen LogP contribution < -0.4 is 4.74 Å². The third kappa shape index (κ3) is 3.88. The van der Waals surface area contributed by atoms with Gasteiger partial charge in [-0.05, 0) is 46.7 Å². The van der Waals surface area contributed by atoms with E-state index in [9.17, 15) is 5.11 Å². The normalized spacial score (nSPS) is 21.5. The van der Waals surface area contributed by atoms with Crippen LogP contribution in [0.5, 0.6) is 5.75 Å². The van der Waals surface area contributed by atoms with Crippen molar-refractivity contribution in [2.75, 3.05) is 7.11 Å². The first-order valence-corrected chi connectivity index (χ1v) is 11.0. The number of ether oxygens (including phenoxy) is 1. The highest BCUT2D eigenvalue weighted by atomic mass is 16.5. The summed E-state index contributed by atoms with van der Waals surface area (Å²) in [5, 5.41) is 12.5. The Kier molecular flexibility index (Phi) is 5.67. The minimum atomic E-state index is -1.18. The summed E-state index contributed by atoms with van der Waals surface area (Å²) in [5.74, 6) is 0.721. The molecule has 0 saturated carbocycles. The van der Waals surface area contributed by atoms with Gasteiger partial charge in [-0.15, -0.1) is 0 Å². The van der Waals surface area contributed by atoms with Gasteiger partial charge in [0, 0.05) is 24.7 Å². The van der Waals surface area contributed by atoms with Crippen molar-refractivity contribution >= 4 is 0 Å². The molecule has 3 nitrogen and oxygen atoms in total. The number of hydrogen-bond acceptors (Lipinski definition) is 3. The lowest BCUT2D eigenvalue weighted by atomic mass is 9.73. The van der Waals surface area contributed by atoms with Gasteiger partial charge in [-0.3, -0.25) is 4.90 Å². The Morgan fingerprint density at radius 2 is 1.65 bits per heavy atom. The van der Waals surface area contributed by atoms with Crippen molar-refractivity contribution in [1.29, 1.82) is 0 Å². The monoisotopic (exact) mass is 415 g/mol. The molecule has 4 rings (SSSR count). The van der Waals surface area contributed by atoms with Crippen LogP contribution >= 0.6 is 0 Å². The van der Waals surface area contributed by atoms with Crippen LogP contribution in [0.4, 0.5) is 0 Å². The lowest BCUT2D eigenvalue weighted by Gasteiger charge is -2.47. The summed E-state index contributed by atoms with van der Waals surface area (Å²) in [6.45, 7) is 10.3. The number of nitrogens with zero attached hydrogens (tertiary/aromatic N) is 1. The van der Waals surface area contributed by atoms with Crippen molar-refractivity contribution in [3.05, 3.63) is 101 Å². The molecule has 1 aliphatic rings. The fourth-order valence-corrected chi connectivity index (χ4v) is 4.73. The van der Waals surface area contributed by atoms with Crippen molar-refractivity contribution < 1.29 is 9.84 Å². The molecule has 2 unspecified atom stereocenters. The van der Waals surface area contributed by atoms with E-state index in [1.54, 1.807) is 7.11 Å². The summed E-state index contributed by atoms with van der Waals surface area (Å²) in [5.41, 5.74) is 4.17. The molecule has 0 radical (unpaired) electrons. The highest BCUT2D eigenvalue weighted by Crippen LogP contribution is 2.46. The highest BCUT2D eigenvalue weighted by Gasteiger charge is 2.47. The predicted molar refractivity (Wildman–Crippen MR) is 126 cm³/mol. The van der Waals surface area contributed by atoms with Crippen molar-refractivity contribution in [2.24, 2.45) is 0 Å². The van der Waals surface area contributed by atoms with Gasteiger partial charge in [0.15, 0.2) is 0 Å². The maximum Gasteiger partial charge on any atom is 0.134 e. The van der Waals surface area contributed by atoms with Crippen LogP contribution in [0.3, 0.4) is 0 Å². The second kappa shape index (κ2) is 8.14. The van der Waals surface area contributed by atoms with E-state index in [1.165, 1.54) is 11.1 Å². The number of rotatable bonds is 4. The molecule has 0 spiro atoms. The first-order valence-electron chi connectivity index (χ1n) is 11.0. The topological polar surface area (TPSA) is 32.7 Å². The standard InChI is InChI=1S/C28H33NO2/c1-20-28(30,25-17-23(27(2,3)4)15-16-26(25)31-5)24-14-10-9-13-22(24)19-29(20)18-21-11-7-6-8-12-21/h6-17,20,30H,18-19H2,1-5H3. The molecule has 3 aromatic carbocycles. The molecular formula is C28H33NO2. The fraction of sp³-hybridized carbons (Fsp3) is 0.357. The molecule has 3 aromatic rings. The van der Waals surface area contributed by atoms with Gasteiger partial charge in [-0.1, -0.05) is 81.4 Å². The van der Waals surface area contributed by atoms with Gasteiger partial charge < -0.3 is 9.84 Å². The largest absolute Gasteiger partial charge is 0.496 e. The van der Waals surface area contributed by atoms with Crippen molar-refractivity contribution in [1.82, 2.24) is 4.90 Å². The van der Waals surface area contributed by atoms with Gasteiger partial charge in [0.2, 0.25) is 0 Å². The molecule has 1 aliphatic heterocycles. The average molecular weight is 416 g/mol. The minimum absolute atomic E-state index is 0.0292. The molecule has 0 saturated heterocycles.